The number of ether oxygens (including phenoxy) is 1. The lowest BCUT2D eigenvalue weighted by atomic mass is 9.99. The minimum absolute atomic E-state index is 0.105. The molecule has 0 saturated carbocycles. The Kier molecular flexibility index (Phi) is 13.3. The summed E-state index contributed by atoms with van der Waals surface area (Å²) in [5.41, 5.74) is 7.34. The molecule has 20 heteroatoms. The van der Waals surface area contributed by atoms with Crippen LogP contribution in [0.2, 0.25) is 0 Å². The molecular formula is C50H58BrN12O6P. The average Bonchev–Trinajstić information content (AvgIpc) is 3.99. The summed E-state index contributed by atoms with van der Waals surface area (Å²) in [7, 11) is -1.12. The van der Waals surface area contributed by atoms with Crippen molar-refractivity contribution in [1.29, 1.82) is 0 Å². The van der Waals surface area contributed by atoms with E-state index in [1.165, 1.54) is 5.56 Å². The van der Waals surface area contributed by atoms with Gasteiger partial charge < -0.3 is 39.5 Å². The first kappa shape index (κ1) is 47.5. The number of nitrogens with one attached hydrogen (secondary N) is 3. The fourth-order valence-corrected chi connectivity index (χ4v) is 12.5. The van der Waals surface area contributed by atoms with Gasteiger partial charge in [-0.3, -0.25) is 39.4 Å². The molecule has 4 amide bonds. The number of carbonyl (C=O) groups excluding carboxylic acids is 4. The topological polar surface area (TPSA) is 198 Å². The molecular weight excluding hydrogens is 976 g/mol. The molecule has 5 aliphatic rings. The number of piperidine rings is 2. The van der Waals surface area contributed by atoms with Gasteiger partial charge in [0.2, 0.25) is 23.7 Å². The van der Waals surface area contributed by atoms with Crippen molar-refractivity contribution in [2.45, 2.75) is 64.1 Å². The van der Waals surface area contributed by atoms with Crippen molar-refractivity contribution in [3.63, 3.8) is 0 Å². The van der Waals surface area contributed by atoms with Gasteiger partial charge in [0.05, 0.1) is 39.7 Å². The molecule has 3 N–H and O–H groups in total. The van der Waals surface area contributed by atoms with Crippen LogP contribution in [0.15, 0.2) is 65.5 Å². The molecule has 2 unspecified atom stereocenters. The number of hydrogen-bond donors (Lipinski definition) is 3. The Balaban J connectivity index is 0.729. The Bertz CT molecular complexity index is 2940. The van der Waals surface area contributed by atoms with Crippen LogP contribution in [-0.4, -0.2) is 143 Å². The summed E-state index contributed by atoms with van der Waals surface area (Å²) in [5.74, 6) is 0.729. The highest BCUT2D eigenvalue weighted by Gasteiger charge is 2.40. The highest BCUT2D eigenvalue weighted by Crippen LogP contribution is 2.42. The first-order chi connectivity index (χ1) is 33.8. The van der Waals surface area contributed by atoms with E-state index in [0.717, 1.165) is 81.0 Å². The van der Waals surface area contributed by atoms with E-state index in [9.17, 15) is 23.7 Å². The summed E-state index contributed by atoms with van der Waals surface area (Å²) in [6.07, 6.45) is 9.07. The van der Waals surface area contributed by atoms with Crippen molar-refractivity contribution in [1.82, 2.24) is 40.0 Å². The van der Waals surface area contributed by atoms with Gasteiger partial charge in [0.1, 0.15) is 30.3 Å². The number of anilines is 6. The summed E-state index contributed by atoms with van der Waals surface area (Å²) in [6.45, 7) is 12.2. The molecule has 2 atom stereocenters. The van der Waals surface area contributed by atoms with Crippen LogP contribution < -0.4 is 35.8 Å². The molecule has 10 rings (SSSR count). The Morgan fingerprint density at radius 2 is 1.66 bits per heavy atom. The lowest BCUT2D eigenvalue weighted by Crippen LogP contribution is -2.55. The van der Waals surface area contributed by atoms with Gasteiger partial charge in [0, 0.05) is 113 Å². The molecule has 0 aliphatic carbocycles. The minimum atomic E-state index is -2.79. The predicted molar refractivity (Wildman–Crippen MR) is 273 cm³/mol. The first-order valence-electron chi connectivity index (χ1n) is 24.1. The Labute approximate surface area is 415 Å². The van der Waals surface area contributed by atoms with Gasteiger partial charge in [0.15, 0.2) is 0 Å². The number of hydrogen-bond acceptors (Lipinski definition) is 15. The highest BCUT2D eigenvalue weighted by molar-refractivity contribution is 9.10. The van der Waals surface area contributed by atoms with Gasteiger partial charge >= 0.3 is 0 Å². The zero-order chi connectivity index (χ0) is 48.8. The van der Waals surface area contributed by atoms with E-state index in [1.807, 2.05) is 35.2 Å². The molecule has 3 aromatic carbocycles. The van der Waals surface area contributed by atoms with Crippen LogP contribution in [0.1, 0.15) is 60.5 Å². The van der Waals surface area contributed by atoms with Gasteiger partial charge in [-0.05, 0) is 103 Å². The number of piperazine rings is 1. The number of carbonyl (C=O) groups is 4. The van der Waals surface area contributed by atoms with Gasteiger partial charge in [-0.25, -0.2) is 4.98 Å². The molecule has 5 aromatic rings. The fraction of sp³-hybridized carbons (Fsp3) is 0.440. The maximum Gasteiger partial charge on any atom is 0.255 e. The quantitative estimate of drug-likeness (QED) is 0.0988. The van der Waals surface area contributed by atoms with Crippen LogP contribution in [0.5, 0.6) is 5.75 Å². The van der Waals surface area contributed by atoms with Gasteiger partial charge in [-0.1, -0.05) is 13.0 Å². The zero-order valence-electron chi connectivity index (χ0n) is 39.9. The normalized spacial score (nSPS) is 20.3. The van der Waals surface area contributed by atoms with Crippen LogP contribution in [0.3, 0.4) is 0 Å². The Hall–Kier alpha value is -6.17. The second kappa shape index (κ2) is 19.6. The lowest BCUT2D eigenvalue weighted by molar-refractivity contribution is -0.138. The molecule has 0 spiro atoms. The number of amides is 4. The van der Waals surface area contributed by atoms with E-state index in [2.05, 4.69) is 80.6 Å². The third-order valence-corrected chi connectivity index (χ3v) is 16.6. The number of fused-ring (bicyclic) bond motifs is 2. The van der Waals surface area contributed by atoms with E-state index in [0.29, 0.717) is 88.2 Å². The molecule has 0 bridgehead atoms. The standard InChI is InChI=1S/C50H58BrN12O6P/c1-5-30-24-39(56-50-54-27-36(51)46(58-50)55-38-9-8-37-44(53-16-15-52-37)45(38)70(3,4)68)42(69-2)26-41(30)60-18-13-33(14-19-60)59-20-22-61(23-21-59)48(66)32-12-17-62(28-32)34-7-6-31-29-63(49(67)35(31)25-34)40-10-11-43(64)57-47(40)65/h6-9,15-16,24-27,32-33,40H,5,10-14,17-23,28-29H2,1-4H3,(H,57,64,65)(H2,54,55,56,58). The summed E-state index contributed by atoms with van der Waals surface area (Å²) in [6, 6.07) is 13.6. The molecule has 4 saturated heterocycles. The number of benzene rings is 3. The predicted octanol–water partition coefficient (Wildman–Crippen LogP) is 5.89. The maximum absolute atomic E-state index is 13.9. The highest BCUT2D eigenvalue weighted by atomic mass is 79.9. The Morgan fingerprint density at radius 3 is 2.40 bits per heavy atom. The molecule has 5 aliphatic heterocycles. The van der Waals surface area contributed by atoms with Crippen LogP contribution in [-0.2, 0) is 31.9 Å². The molecule has 4 fully saturated rings. The first-order valence-corrected chi connectivity index (χ1v) is 27.5. The van der Waals surface area contributed by atoms with E-state index >= 15 is 0 Å². The molecule has 7 heterocycles. The van der Waals surface area contributed by atoms with Crippen molar-refractivity contribution in [2.75, 3.05) is 93.2 Å². The number of aromatic nitrogens is 4. The van der Waals surface area contributed by atoms with Crippen LogP contribution in [0.4, 0.5) is 34.5 Å². The smallest absolute Gasteiger partial charge is 0.255 e. The van der Waals surface area contributed by atoms with Crippen LogP contribution in [0, 0.1) is 5.92 Å². The van der Waals surface area contributed by atoms with E-state index in [-0.39, 0.29) is 30.1 Å². The second-order valence-corrected chi connectivity index (χ2v) is 23.2. The van der Waals surface area contributed by atoms with Gasteiger partial charge in [-0.2, -0.15) is 4.98 Å². The summed E-state index contributed by atoms with van der Waals surface area (Å²) in [5, 5.41) is 9.75. The molecule has 18 nitrogen and oxygen atoms in total. The lowest BCUT2D eigenvalue weighted by Gasteiger charge is -2.44. The van der Waals surface area contributed by atoms with Gasteiger partial charge in [0.25, 0.3) is 5.91 Å². The molecule has 2 aromatic heterocycles. The third kappa shape index (κ3) is 9.42. The summed E-state index contributed by atoms with van der Waals surface area (Å²) >= 11 is 3.60. The summed E-state index contributed by atoms with van der Waals surface area (Å²) < 4.78 is 20.2. The Morgan fingerprint density at radius 1 is 0.886 bits per heavy atom. The van der Waals surface area contributed by atoms with Crippen molar-refractivity contribution >= 4 is 97.6 Å². The number of nitrogens with zero attached hydrogens (tertiary/aromatic N) is 9. The number of rotatable bonds is 12. The number of aryl methyl sites for hydroxylation is 1. The third-order valence-electron chi connectivity index (χ3n) is 14.5. The maximum atomic E-state index is 13.9. The van der Waals surface area contributed by atoms with Crippen molar-refractivity contribution in [2.24, 2.45) is 5.92 Å². The van der Waals surface area contributed by atoms with Gasteiger partial charge in [-0.15, -0.1) is 0 Å². The number of methoxy groups -OCH3 is 1. The van der Waals surface area contributed by atoms with Crippen molar-refractivity contribution in [3.8, 4) is 5.75 Å². The van der Waals surface area contributed by atoms with Crippen molar-refractivity contribution in [3.05, 3.63) is 82.2 Å². The zero-order valence-corrected chi connectivity index (χ0v) is 42.4. The second-order valence-electron chi connectivity index (χ2n) is 19.2. The molecule has 0 radical (unpaired) electrons. The van der Waals surface area contributed by atoms with Crippen LogP contribution >= 0.6 is 23.1 Å². The molecule has 70 heavy (non-hydrogen) atoms. The van der Waals surface area contributed by atoms with E-state index in [1.54, 1.807) is 43.9 Å². The monoisotopic (exact) mass is 1030 g/mol. The molecule has 366 valence electrons. The number of halogens is 1. The fourth-order valence-electron chi connectivity index (χ4n) is 10.9. The summed E-state index contributed by atoms with van der Waals surface area (Å²) in [4.78, 5) is 80.7. The van der Waals surface area contributed by atoms with E-state index < -0.39 is 19.1 Å². The van der Waals surface area contributed by atoms with E-state index in [4.69, 9.17) is 9.72 Å². The van der Waals surface area contributed by atoms with Crippen molar-refractivity contribution < 1.29 is 28.5 Å². The average molecular weight is 1030 g/mol. The SMILES string of the molecule is CCc1cc(Nc2ncc(Br)c(Nc3ccc4nccnc4c3P(C)(C)=O)n2)c(OC)cc1N1CCC(N2CCN(C(=O)C3CCN(c4ccc5c(c4)C(=O)N(C4CCC(=O)NC4=O)C5)C3)CC2)CC1. The number of imide groups is 1. The largest absolute Gasteiger partial charge is 0.494 e. The van der Waals surface area contributed by atoms with Crippen LogP contribution in [0.25, 0.3) is 11.0 Å². The minimum Gasteiger partial charge on any atom is -0.494 e.